The van der Waals surface area contributed by atoms with Crippen LogP contribution in [0.1, 0.15) is 28.7 Å². The first-order valence-electron chi connectivity index (χ1n) is 6.79. The molecule has 20 heavy (non-hydrogen) atoms. The molecule has 0 fully saturated rings. The molecule has 0 amide bonds. The van der Waals surface area contributed by atoms with Gasteiger partial charge >= 0.3 is 0 Å². The predicted molar refractivity (Wildman–Crippen MR) is 78.6 cm³/mol. The van der Waals surface area contributed by atoms with E-state index in [1.54, 1.807) is 0 Å². The molecule has 0 heterocycles. The van der Waals surface area contributed by atoms with E-state index in [2.05, 4.69) is 24.2 Å². The van der Waals surface area contributed by atoms with Crippen molar-refractivity contribution in [2.75, 3.05) is 0 Å². The van der Waals surface area contributed by atoms with Crippen LogP contribution in [0.25, 0.3) is 0 Å². The van der Waals surface area contributed by atoms with E-state index in [1.807, 2.05) is 30.3 Å². The Morgan fingerprint density at radius 2 is 2.00 bits per heavy atom. The molecule has 0 atom stereocenters. The normalized spacial score (nSPS) is 15.3. The highest BCUT2D eigenvalue weighted by Gasteiger charge is 2.18. The van der Waals surface area contributed by atoms with Crippen molar-refractivity contribution in [1.29, 1.82) is 0 Å². The molecule has 2 aromatic rings. The molecule has 102 valence electrons. The molecular formula is C17H17NO2. The lowest BCUT2D eigenvalue weighted by Crippen LogP contribution is -1.99. The van der Waals surface area contributed by atoms with Gasteiger partial charge in [0, 0.05) is 5.56 Å². The third-order valence-electron chi connectivity index (χ3n) is 3.80. The number of hydrogen-bond donors (Lipinski definition) is 1. The lowest BCUT2D eigenvalue weighted by Gasteiger charge is -2.10. The van der Waals surface area contributed by atoms with Crippen LogP contribution >= 0.6 is 0 Å². The van der Waals surface area contributed by atoms with Crippen LogP contribution in [0.2, 0.25) is 0 Å². The van der Waals surface area contributed by atoms with Gasteiger partial charge < -0.3 is 9.94 Å². The van der Waals surface area contributed by atoms with Crippen LogP contribution in [-0.4, -0.2) is 10.9 Å². The molecule has 0 radical (unpaired) electrons. The Morgan fingerprint density at radius 1 is 1.15 bits per heavy atom. The summed E-state index contributed by atoms with van der Waals surface area (Å²) in [6, 6.07) is 14.2. The third kappa shape index (κ3) is 2.39. The fourth-order valence-electron chi connectivity index (χ4n) is 2.57. The maximum Gasteiger partial charge on any atom is 0.120 e. The van der Waals surface area contributed by atoms with Crippen LogP contribution in [0.4, 0.5) is 0 Å². The standard InChI is InChI=1S/C17H17NO2/c1-12-4-2-3-5-14(12)11-20-15-7-8-16-13(10-15)6-9-17(16)18-19/h2-5,7-8,10,19H,6,9,11H2,1H3/b18-17+. The molecule has 3 heteroatoms. The summed E-state index contributed by atoms with van der Waals surface area (Å²) in [5, 5.41) is 12.3. The zero-order valence-corrected chi connectivity index (χ0v) is 11.5. The minimum absolute atomic E-state index is 0.576. The van der Waals surface area contributed by atoms with Crippen LogP contribution in [0.15, 0.2) is 47.6 Å². The van der Waals surface area contributed by atoms with Crippen LogP contribution in [0.5, 0.6) is 5.75 Å². The molecule has 0 saturated carbocycles. The summed E-state index contributed by atoms with van der Waals surface area (Å²) in [5.41, 5.74) is 5.44. The van der Waals surface area contributed by atoms with Crippen molar-refractivity contribution >= 4 is 5.71 Å². The second-order valence-electron chi connectivity index (χ2n) is 5.08. The van der Waals surface area contributed by atoms with E-state index in [1.165, 1.54) is 16.7 Å². The fraction of sp³-hybridized carbons (Fsp3) is 0.235. The number of nitrogens with zero attached hydrogens (tertiary/aromatic N) is 1. The van der Waals surface area contributed by atoms with Crippen molar-refractivity contribution in [3.63, 3.8) is 0 Å². The van der Waals surface area contributed by atoms with E-state index >= 15 is 0 Å². The Balaban J connectivity index is 1.75. The maximum absolute atomic E-state index is 8.92. The number of benzene rings is 2. The SMILES string of the molecule is Cc1ccccc1COc1ccc2c(c1)CC/C2=N\O. The summed E-state index contributed by atoms with van der Waals surface area (Å²) in [6.07, 6.45) is 1.71. The number of rotatable bonds is 3. The van der Waals surface area contributed by atoms with E-state index in [-0.39, 0.29) is 0 Å². The number of aryl methyl sites for hydroxylation is 2. The Hall–Kier alpha value is -2.29. The van der Waals surface area contributed by atoms with Gasteiger partial charge in [0.1, 0.15) is 12.4 Å². The molecule has 2 aromatic carbocycles. The average molecular weight is 267 g/mol. The first-order valence-corrected chi connectivity index (χ1v) is 6.79. The third-order valence-corrected chi connectivity index (χ3v) is 3.80. The van der Waals surface area contributed by atoms with E-state index in [0.717, 1.165) is 29.9 Å². The summed E-state index contributed by atoms with van der Waals surface area (Å²) >= 11 is 0. The topological polar surface area (TPSA) is 41.8 Å². The molecule has 3 nitrogen and oxygen atoms in total. The highest BCUT2D eigenvalue weighted by atomic mass is 16.5. The second kappa shape index (κ2) is 5.37. The zero-order chi connectivity index (χ0) is 13.9. The van der Waals surface area contributed by atoms with Crippen molar-refractivity contribution in [1.82, 2.24) is 0 Å². The maximum atomic E-state index is 8.92. The lowest BCUT2D eigenvalue weighted by atomic mass is 10.1. The first kappa shape index (κ1) is 12.7. The molecule has 1 aliphatic rings. The first-order chi connectivity index (χ1) is 9.78. The quantitative estimate of drug-likeness (QED) is 0.680. The van der Waals surface area contributed by atoms with Gasteiger partial charge in [0.25, 0.3) is 0 Å². The molecule has 0 spiro atoms. The Morgan fingerprint density at radius 3 is 2.80 bits per heavy atom. The van der Waals surface area contributed by atoms with Crippen LogP contribution in [-0.2, 0) is 13.0 Å². The molecule has 3 rings (SSSR count). The summed E-state index contributed by atoms with van der Waals surface area (Å²) in [7, 11) is 0. The lowest BCUT2D eigenvalue weighted by molar-refractivity contribution is 0.305. The van der Waals surface area contributed by atoms with E-state index in [9.17, 15) is 0 Å². The number of oxime groups is 1. The molecule has 0 saturated heterocycles. The van der Waals surface area contributed by atoms with Crippen LogP contribution in [0.3, 0.4) is 0 Å². The molecule has 1 aliphatic carbocycles. The molecule has 0 bridgehead atoms. The highest BCUT2D eigenvalue weighted by Crippen LogP contribution is 2.27. The van der Waals surface area contributed by atoms with Gasteiger partial charge in [-0.1, -0.05) is 29.4 Å². The minimum atomic E-state index is 0.576. The molecule has 1 N–H and O–H groups in total. The van der Waals surface area contributed by atoms with Gasteiger partial charge in [0.15, 0.2) is 0 Å². The van der Waals surface area contributed by atoms with Gasteiger partial charge in [0.05, 0.1) is 5.71 Å². The number of ether oxygens (including phenoxy) is 1. The monoisotopic (exact) mass is 267 g/mol. The molecule has 0 unspecified atom stereocenters. The molecular weight excluding hydrogens is 250 g/mol. The highest BCUT2D eigenvalue weighted by molar-refractivity contribution is 6.04. The minimum Gasteiger partial charge on any atom is -0.489 e. The van der Waals surface area contributed by atoms with Crippen molar-refractivity contribution in [2.24, 2.45) is 5.16 Å². The second-order valence-corrected chi connectivity index (χ2v) is 5.08. The van der Waals surface area contributed by atoms with Crippen molar-refractivity contribution in [3.8, 4) is 5.75 Å². The van der Waals surface area contributed by atoms with Gasteiger partial charge in [-0.25, -0.2) is 0 Å². The van der Waals surface area contributed by atoms with Crippen LogP contribution in [0, 0.1) is 6.92 Å². The van der Waals surface area contributed by atoms with Crippen molar-refractivity contribution in [3.05, 3.63) is 64.7 Å². The van der Waals surface area contributed by atoms with Crippen LogP contribution < -0.4 is 4.74 Å². The number of hydrogen-bond acceptors (Lipinski definition) is 3. The predicted octanol–water partition coefficient (Wildman–Crippen LogP) is 3.70. The number of fused-ring (bicyclic) bond motifs is 1. The summed E-state index contributed by atoms with van der Waals surface area (Å²) in [4.78, 5) is 0. The van der Waals surface area contributed by atoms with E-state index < -0.39 is 0 Å². The Labute approximate surface area is 118 Å². The Kier molecular flexibility index (Phi) is 3.42. The molecule has 0 aliphatic heterocycles. The zero-order valence-electron chi connectivity index (χ0n) is 11.5. The van der Waals surface area contributed by atoms with Gasteiger partial charge in [-0.3, -0.25) is 0 Å². The van der Waals surface area contributed by atoms with E-state index in [0.29, 0.717) is 6.61 Å². The summed E-state index contributed by atoms with van der Waals surface area (Å²) in [6.45, 7) is 2.66. The van der Waals surface area contributed by atoms with E-state index in [4.69, 9.17) is 9.94 Å². The van der Waals surface area contributed by atoms with Gasteiger partial charge in [-0.2, -0.15) is 0 Å². The van der Waals surface area contributed by atoms with Gasteiger partial charge in [0.2, 0.25) is 0 Å². The smallest absolute Gasteiger partial charge is 0.120 e. The average Bonchev–Trinajstić information content (AvgIpc) is 2.88. The van der Waals surface area contributed by atoms with Crippen molar-refractivity contribution in [2.45, 2.75) is 26.4 Å². The molecule has 0 aromatic heterocycles. The van der Waals surface area contributed by atoms with Crippen molar-refractivity contribution < 1.29 is 9.94 Å². The largest absolute Gasteiger partial charge is 0.489 e. The summed E-state index contributed by atoms with van der Waals surface area (Å²) in [5.74, 6) is 0.867. The summed E-state index contributed by atoms with van der Waals surface area (Å²) < 4.78 is 5.86. The Bertz CT molecular complexity index is 662. The van der Waals surface area contributed by atoms with Gasteiger partial charge in [-0.05, 0) is 54.7 Å². The van der Waals surface area contributed by atoms with Gasteiger partial charge in [-0.15, -0.1) is 0 Å². The fourth-order valence-corrected chi connectivity index (χ4v) is 2.57.